The van der Waals surface area contributed by atoms with Crippen LogP contribution in [0.4, 0.5) is 0 Å². The van der Waals surface area contributed by atoms with E-state index in [9.17, 15) is 0 Å². The normalized spacial score (nSPS) is 10.8. The van der Waals surface area contributed by atoms with E-state index in [1.807, 2.05) is 13.1 Å². The molecule has 18 heavy (non-hydrogen) atoms. The highest BCUT2D eigenvalue weighted by Gasteiger charge is 1.99. The fourth-order valence-corrected chi connectivity index (χ4v) is 2.01. The van der Waals surface area contributed by atoms with E-state index in [2.05, 4.69) is 52.3 Å². The summed E-state index contributed by atoms with van der Waals surface area (Å²) >= 11 is 0. The molecule has 2 aromatic rings. The number of nitrogens with zero attached hydrogens (tertiary/aromatic N) is 2. The van der Waals surface area contributed by atoms with Crippen molar-refractivity contribution in [1.82, 2.24) is 14.9 Å². The number of aryl methyl sites for hydroxylation is 2. The van der Waals surface area contributed by atoms with Gasteiger partial charge in [-0.1, -0.05) is 13.0 Å². The average molecular weight is 243 g/mol. The van der Waals surface area contributed by atoms with Crippen molar-refractivity contribution in [2.75, 3.05) is 0 Å². The highest BCUT2D eigenvalue weighted by molar-refractivity contribution is 5.13. The fraction of sp³-hybridized carbons (Fsp3) is 0.400. The monoisotopic (exact) mass is 243 g/mol. The second-order valence-corrected chi connectivity index (χ2v) is 4.60. The van der Waals surface area contributed by atoms with Gasteiger partial charge in [0.15, 0.2) is 0 Å². The summed E-state index contributed by atoms with van der Waals surface area (Å²) < 4.78 is 2.31. The van der Waals surface area contributed by atoms with Gasteiger partial charge in [-0.3, -0.25) is 4.98 Å². The molecule has 0 spiro atoms. The first-order valence-corrected chi connectivity index (χ1v) is 6.56. The second kappa shape index (κ2) is 6.36. The lowest BCUT2D eigenvalue weighted by Crippen LogP contribution is -2.15. The largest absolute Gasteiger partial charge is 0.350 e. The van der Waals surface area contributed by atoms with Crippen molar-refractivity contribution >= 4 is 0 Å². The topological polar surface area (TPSA) is 29.9 Å². The summed E-state index contributed by atoms with van der Waals surface area (Å²) in [5, 5.41) is 3.46. The predicted octanol–water partition coefficient (Wildman–Crippen LogP) is 2.89. The lowest BCUT2D eigenvalue weighted by molar-refractivity contribution is 0.601. The third-order valence-corrected chi connectivity index (χ3v) is 3.00. The predicted molar refractivity (Wildman–Crippen MR) is 74.2 cm³/mol. The van der Waals surface area contributed by atoms with Crippen molar-refractivity contribution in [3.63, 3.8) is 0 Å². The molecule has 0 unspecified atom stereocenters. The zero-order valence-electron chi connectivity index (χ0n) is 11.2. The van der Waals surface area contributed by atoms with Gasteiger partial charge in [-0.15, -0.1) is 0 Å². The Labute approximate surface area is 109 Å². The Morgan fingerprint density at radius 1 is 1.22 bits per heavy atom. The molecule has 0 atom stereocenters. The van der Waals surface area contributed by atoms with E-state index in [1.165, 1.54) is 17.7 Å². The summed E-state index contributed by atoms with van der Waals surface area (Å²) in [6.45, 7) is 7.07. The van der Waals surface area contributed by atoms with Crippen molar-refractivity contribution in [3.8, 4) is 0 Å². The molecule has 0 aliphatic rings. The SMILES string of the molecule is CCCn1cccc1CNCc1ccc(C)nc1. The molecule has 0 saturated heterocycles. The second-order valence-electron chi connectivity index (χ2n) is 4.60. The summed E-state index contributed by atoms with van der Waals surface area (Å²) in [4.78, 5) is 4.30. The van der Waals surface area contributed by atoms with Crippen LogP contribution >= 0.6 is 0 Å². The van der Waals surface area contributed by atoms with Gasteiger partial charge in [0.2, 0.25) is 0 Å². The molecular weight excluding hydrogens is 222 g/mol. The summed E-state index contributed by atoms with van der Waals surface area (Å²) in [5.74, 6) is 0. The van der Waals surface area contributed by atoms with E-state index in [0.29, 0.717) is 0 Å². The number of nitrogens with one attached hydrogen (secondary N) is 1. The van der Waals surface area contributed by atoms with Gasteiger partial charge in [0.1, 0.15) is 0 Å². The zero-order chi connectivity index (χ0) is 12.8. The minimum absolute atomic E-state index is 0.866. The third kappa shape index (κ3) is 3.44. The van der Waals surface area contributed by atoms with Crippen molar-refractivity contribution in [1.29, 1.82) is 0 Å². The first kappa shape index (κ1) is 12.8. The van der Waals surface area contributed by atoms with Crippen LogP contribution in [0.15, 0.2) is 36.7 Å². The number of pyridine rings is 1. The Morgan fingerprint density at radius 3 is 2.83 bits per heavy atom. The van der Waals surface area contributed by atoms with Gasteiger partial charge >= 0.3 is 0 Å². The maximum Gasteiger partial charge on any atom is 0.0372 e. The van der Waals surface area contributed by atoms with Crippen LogP contribution in [0.3, 0.4) is 0 Å². The van der Waals surface area contributed by atoms with E-state index < -0.39 is 0 Å². The van der Waals surface area contributed by atoms with E-state index in [1.54, 1.807) is 0 Å². The molecule has 0 saturated carbocycles. The van der Waals surface area contributed by atoms with E-state index in [-0.39, 0.29) is 0 Å². The van der Waals surface area contributed by atoms with Gasteiger partial charge < -0.3 is 9.88 Å². The molecule has 0 aromatic carbocycles. The molecule has 0 fully saturated rings. The minimum atomic E-state index is 0.866. The lowest BCUT2D eigenvalue weighted by atomic mass is 10.2. The maximum atomic E-state index is 4.30. The molecule has 0 radical (unpaired) electrons. The molecule has 96 valence electrons. The van der Waals surface area contributed by atoms with Crippen LogP contribution in [0.5, 0.6) is 0 Å². The Bertz CT molecular complexity index is 471. The standard InChI is InChI=1S/C15H21N3/c1-3-8-18-9-4-5-15(18)12-16-10-14-7-6-13(2)17-11-14/h4-7,9,11,16H,3,8,10,12H2,1-2H3. The van der Waals surface area contributed by atoms with E-state index in [4.69, 9.17) is 0 Å². The first-order valence-electron chi connectivity index (χ1n) is 6.56. The Morgan fingerprint density at radius 2 is 2.11 bits per heavy atom. The van der Waals surface area contributed by atoms with Crippen molar-refractivity contribution in [3.05, 3.63) is 53.6 Å². The first-order chi connectivity index (χ1) is 8.79. The third-order valence-electron chi connectivity index (χ3n) is 3.00. The molecule has 0 bridgehead atoms. The molecule has 2 aromatic heterocycles. The Kier molecular flexibility index (Phi) is 4.53. The highest BCUT2D eigenvalue weighted by atomic mass is 15.0. The van der Waals surface area contributed by atoms with Crippen LogP contribution in [-0.2, 0) is 19.6 Å². The molecule has 0 amide bonds. The van der Waals surface area contributed by atoms with Crippen LogP contribution in [-0.4, -0.2) is 9.55 Å². The van der Waals surface area contributed by atoms with Gasteiger partial charge in [-0.2, -0.15) is 0 Å². The number of hydrogen-bond donors (Lipinski definition) is 1. The summed E-state index contributed by atoms with van der Waals surface area (Å²) in [6.07, 6.45) is 5.25. The molecule has 3 nitrogen and oxygen atoms in total. The summed E-state index contributed by atoms with van der Waals surface area (Å²) in [7, 11) is 0. The maximum absolute atomic E-state index is 4.30. The Balaban J connectivity index is 1.84. The average Bonchev–Trinajstić information content (AvgIpc) is 2.80. The molecule has 3 heteroatoms. The Hall–Kier alpha value is -1.61. The van der Waals surface area contributed by atoms with Crippen LogP contribution in [0.25, 0.3) is 0 Å². The number of rotatable bonds is 6. The van der Waals surface area contributed by atoms with Crippen LogP contribution in [0.2, 0.25) is 0 Å². The highest BCUT2D eigenvalue weighted by Crippen LogP contribution is 2.04. The molecule has 2 heterocycles. The van der Waals surface area contributed by atoms with Crippen molar-refractivity contribution < 1.29 is 0 Å². The van der Waals surface area contributed by atoms with Crippen LogP contribution in [0.1, 0.15) is 30.3 Å². The van der Waals surface area contributed by atoms with Gasteiger partial charge in [-0.05, 0) is 37.1 Å². The number of hydrogen-bond acceptors (Lipinski definition) is 2. The van der Waals surface area contributed by atoms with Crippen LogP contribution in [0, 0.1) is 6.92 Å². The molecule has 1 N–H and O–H groups in total. The fourth-order valence-electron chi connectivity index (χ4n) is 2.01. The lowest BCUT2D eigenvalue weighted by Gasteiger charge is -2.09. The van der Waals surface area contributed by atoms with E-state index in [0.717, 1.165) is 25.3 Å². The number of aromatic nitrogens is 2. The smallest absolute Gasteiger partial charge is 0.0372 e. The summed E-state index contributed by atoms with van der Waals surface area (Å²) in [6, 6.07) is 8.47. The van der Waals surface area contributed by atoms with Gasteiger partial charge in [0.05, 0.1) is 0 Å². The van der Waals surface area contributed by atoms with Crippen molar-refractivity contribution in [2.24, 2.45) is 0 Å². The van der Waals surface area contributed by atoms with Gasteiger partial charge in [-0.25, -0.2) is 0 Å². The molecule has 0 aliphatic carbocycles. The van der Waals surface area contributed by atoms with Crippen molar-refractivity contribution in [2.45, 2.75) is 39.9 Å². The molecule has 0 aliphatic heterocycles. The zero-order valence-corrected chi connectivity index (χ0v) is 11.2. The molecule has 2 rings (SSSR count). The van der Waals surface area contributed by atoms with E-state index >= 15 is 0 Å². The van der Waals surface area contributed by atoms with Gasteiger partial charge in [0, 0.05) is 43.4 Å². The van der Waals surface area contributed by atoms with Gasteiger partial charge in [0.25, 0.3) is 0 Å². The quantitative estimate of drug-likeness (QED) is 0.845. The summed E-state index contributed by atoms with van der Waals surface area (Å²) in [5.41, 5.74) is 3.64. The van der Waals surface area contributed by atoms with Crippen LogP contribution < -0.4 is 5.32 Å². The molecular formula is C15H21N3. The minimum Gasteiger partial charge on any atom is -0.350 e.